The van der Waals surface area contributed by atoms with Gasteiger partial charge >= 0.3 is 197 Å². The summed E-state index contributed by atoms with van der Waals surface area (Å²) in [6.45, 7) is 18.5. The van der Waals surface area contributed by atoms with E-state index in [9.17, 15) is 0 Å². The van der Waals surface area contributed by atoms with Crippen LogP contribution in [-0.4, -0.2) is 32.3 Å². The van der Waals surface area contributed by atoms with E-state index >= 15 is 0 Å². The van der Waals surface area contributed by atoms with Crippen molar-refractivity contribution < 1.29 is 4.43 Å². The molecule has 0 spiro atoms. The Morgan fingerprint density at radius 2 is 1.27 bits per heavy atom. The average molecular weight is 542 g/mol. The zero-order valence-corrected chi connectivity index (χ0v) is 25.8. The van der Waals surface area contributed by atoms with Gasteiger partial charge in [0.2, 0.25) is 0 Å². The SMILES string of the molecule is CCC#CC(C)(C/C=[CH]/[Sn]([CH2]CCC)([CH2]CCC)[CH2]CCC)O[Si](CC)(CC)CC. The normalized spacial score (nSPS) is 14.5. The van der Waals surface area contributed by atoms with E-state index in [0.29, 0.717) is 0 Å². The molecular weight excluding hydrogens is 487 g/mol. The fraction of sp³-hybridized carbons (Fsp3) is 0.852. The first-order valence-corrected chi connectivity index (χ1v) is 23.4. The second-order valence-corrected chi connectivity index (χ2v) is 27.2. The minimum absolute atomic E-state index is 0.307. The number of rotatable bonds is 17. The summed E-state index contributed by atoms with van der Waals surface area (Å²) < 4.78 is 14.4. The van der Waals surface area contributed by atoms with Crippen LogP contribution in [0.25, 0.3) is 0 Å². The molecule has 0 bridgehead atoms. The molecule has 0 saturated heterocycles. The molecule has 0 N–H and O–H groups in total. The quantitative estimate of drug-likeness (QED) is 0.132. The molecule has 1 unspecified atom stereocenters. The first kappa shape index (κ1) is 30.3. The average Bonchev–Trinajstić information content (AvgIpc) is 2.77. The molecule has 0 aromatic carbocycles. The first-order valence-electron chi connectivity index (χ1n) is 13.2. The standard InChI is InChI=1S/C15H27OSi.3C4H9.Sn/c1-7-12-14-15(6,13-8-2)16-17(9-3,10-4)11-5;3*1-3-4-2;/h2,8H,7,9-11,13H2,1,3-6H3;3*1,3-4H2,2H3;. The van der Waals surface area contributed by atoms with E-state index in [4.69, 9.17) is 4.43 Å². The van der Waals surface area contributed by atoms with Gasteiger partial charge in [0.1, 0.15) is 0 Å². The third-order valence-electron chi connectivity index (χ3n) is 6.97. The van der Waals surface area contributed by atoms with Gasteiger partial charge in [0.15, 0.2) is 0 Å². The van der Waals surface area contributed by atoms with Gasteiger partial charge in [0.25, 0.3) is 0 Å². The number of unbranched alkanes of at least 4 members (excludes halogenated alkanes) is 3. The Morgan fingerprint density at radius 3 is 1.63 bits per heavy atom. The van der Waals surface area contributed by atoms with Crippen LogP contribution in [0.15, 0.2) is 10.2 Å². The molecule has 0 saturated carbocycles. The van der Waals surface area contributed by atoms with Crippen molar-refractivity contribution in [2.75, 3.05) is 0 Å². The Labute approximate surface area is 196 Å². The predicted octanol–water partition coefficient (Wildman–Crippen LogP) is 9.51. The van der Waals surface area contributed by atoms with Crippen molar-refractivity contribution in [3.63, 3.8) is 0 Å². The molecule has 0 aromatic rings. The number of hydrogen-bond acceptors (Lipinski definition) is 1. The third-order valence-corrected chi connectivity index (χ3v) is 26.0. The second-order valence-electron chi connectivity index (χ2n) is 9.51. The summed E-state index contributed by atoms with van der Waals surface area (Å²) >= 11 is -2.23. The van der Waals surface area contributed by atoms with Crippen LogP contribution in [0, 0.1) is 11.8 Å². The van der Waals surface area contributed by atoms with E-state index in [1.807, 2.05) is 0 Å². The Balaban J connectivity index is 5.71. The predicted molar refractivity (Wildman–Crippen MR) is 143 cm³/mol. The summed E-state index contributed by atoms with van der Waals surface area (Å²) in [5.41, 5.74) is -0.307. The van der Waals surface area contributed by atoms with Gasteiger partial charge in [-0.15, -0.1) is 0 Å². The molecule has 0 amide bonds. The monoisotopic (exact) mass is 542 g/mol. The molecule has 0 fully saturated rings. The van der Waals surface area contributed by atoms with Crippen LogP contribution in [0.3, 0.4) is 0 Å². The van der Waals surface area contributed by atoms with E-state index in [1.54, 1.807) is 0 Å². The first-order chi connectivity index (χ1) is 14.3. The van der Waals surface area contributed by atoms with Gasteiger partial charge in [0.05, 0.1) is 0 Å². The molecule has 0 aromatic heterocycles. The number of hydrogen-bond donors (Lipinski definition) is 0. The zero-order chi connectivity index (χ0) is 22.9. The van der Waals surface area contributed by atoms with Gasteiger partial charge in [-0.1, -0.05) is 0 Å². The Kier molecular flexibility index (Phi) is 17.0. The summed E-state index contributed by atoms with van der Waals surface area (Å²) in [4.78, 5) is 0. The van der Waals surface area contributed by atoms with Crippen molar-refractivity contribution in [3.05, 3.63) is 10.2 Å². The maximum absolute atomic E-state index is 6.97. The molecule has 0 rings (SSSR count). The van der Waals surface area contributed by atoms with Crippen molar-refractivity contribution in [3.8, 4) is 11.8 Å². The van der Waals surface area contributed by atoms with Crippen LogP contribution in [-0.2, 0) is 4.43 Å². The van der Waals surface area contributed by atoms with E-state index in [1.165, 1.54) is 70.0 Å². The maximum atomic E-state index is 6.97. The summed E-state index contributed by atoms with van der Waals surface area (Å²) in [5.74, 6) is 6.92. The molecule has 0 aliphatic carbocycles. The molecule has 3 heteroatoms. The Bertz CT molecular complexity index is 485. The fourth-order valence-corrected chi connectivity index (χ4v) is 22.0. The second kappa shape index (κ2) is 16.8. The molecule has 0 aliphatic heterocycles. The molecular formula is C27H54OSiSn. The van der Waals surface area contributed by atoms with Gasteiger partial charge in [-0.05, 0) is 0 Å². The van der Waals surface area contributed by atoms with Gasteiger partial charge in [-0.2, -0.15) is 0 Å². The summed E-state index contributed by atoms with van der Waals surface area (Å²) in [6, 6.07) is 3.58. The summed E-state index contributed by atoms with van der Waals surface area (Å²) in [5, 5.41) is 0. The van der Waals surface area contributed by atoms with Crippen LogP contribution in [0.1, 0.15) is 107 Å². The van der Waals surface area contributed by atoms with Crippen LogP contribution in [0.2, 0.25) is 31.4 Å². The van der Waals surface area contributed by atoms with E-state index in [-0.39, 0.29) is 5.60 Å². The van der Waals surface area contributed by atoms with Crippen LogP contribution >= 0.6 is 0 Å². The van der Waals surface area contributed by atoms with Crippen molar-refractivity contribution in [1.82, 2.24) is 0 Å². The van der Waals surface area contributed by atoms with Crippen LogP contribution < -0.4 is 0 Å². The molecule has 1 nitrogen and oxygen atoms in total. The van der Waals surface area contributed by atoms with Crippen molar-refractivity contribution in [1.29, 1.82) is 0 Å². The van der Waals surface area contributed by atoms with Gasteiger partial charge < -0.3 is 0 Å². The molecule has 0 heterocycles. The molecule has 30 heavy (non-hydrogen) atoms. The molecule has 176 valence electrons. The van der Waals surface area contributed by atoms with Crippen molar-refractivity contribution >= 4 is 26.7 Å². The minimum atomic E-state index is -2.23. The third kappa shape index (κ3) is 11.2. The molecule has 0 aliphatic rings. The van der Waals surface area contributed by atoms with Crippen molar-refractivity contribution in [2.24, 2.45) is 0 Å². The summed E-state index contributed by atoms with van der Waals surface area (Å²) in [7, 11) is -1.68. The van der Waals surface area contributed by atoms with Crippen molar-refractivity contribution in [2.45, 2.75) is 144 Å². The van der Waals surface area contributed by atoms with Gasteiger partial charge in [-0.3, -0.25) is 0 Å². The van der Waals surface area contributed by atoms with Gasteiger partial charge in [-0.25, -0.2) is 0 Å². The van der Waals surface area contributed by atoms with Crippen LogP contribution in [0.5, 0.6) is 0 Å². The van der Waals surface area contributed by atoms with Crippen LogP contribution in [0.4, 0.5) is 0 Å². The zero-order valence-electron chi connectivity index (χ0n) is 22.0. The topological polar surface area (TPSA) is 9.23 Å². The van der Waals surface area contributed by atoms with Gasteiger partial charge in [0, 0.05) is 0 Å². The summed E-state index contributed by atoms with van der Waals surface area (Å²) in [6.07, 6.45) is 12.7. The van der Waals surface area contributed by atoms with E-state index in [0.717, 1.165) is 12.8 Å². The Hall–Kier alpha value is 0.276. The molecule has 0 radical (unpaired) electrons. The fourth-order valence-electron chi connectivity index (χ4n) is 4.58. The van der Waals surface area contributed by atoms with E-state index in [2.05, 4.69) is 77.4 Å². The van der Waals surface area contributed by atoms with E-state index < -0.39 is 26.7 Å². The molecule has 1 atom stereocenters. The Morgan fingerprint density at radius 1 is 0.800 bits per heavy atom.